The Morgan fingerprint density at radius 1 is 1.17 bits per heavy atom. The average molecular weight is 358 g/mol. The number of hydrogen-bond acceptors (Lipinski definition) is 4. The number of amides is 1. The summed E-state index contributed by atoms with van der Waals surface area (Å²) >= 11 is 0. The number of likely N-dealkylation sites (tertiary alicyclic amines) is 2. The lowest BCUT2D eigenvalue weighted by Crippen LogP contribution is -2.55. The molecule has 1 unspecified atom stereocenters. The van der Waals surface area contributed by atoms with Crippen LogP contribution < -0.4 is 5.32 Å². The van der Waals surface area contributed by atoms with E-state index in [4.69, 9.17) is 4.74 Å². The molecular weight excluding hydrogens is 326 g/mol. The summed E-state index contributed by atoms with van der Waals surface area (Å²) in [5.41, 5.74) is 0.405. The van der Waals surface area contributed by atoms with Gasteiger partial charge in [0.05, 0.1) is 7.11 Å². The second-order valence-electron chi connectivity index (χ2n) is 8.28. The van der Waals surface area contributed by atoms with Gasteiger partial charge in [0.1, 0.15) is 0 Å². The number of halogens is 1. The van der Waals surface area contributed by atoms with Crippen LogP contribution in [0.3, 0.4) is 0 Å². The molecule has 24 heavy (non-hydrogen) atoms. The fourth-order valence-corrected chi connectivity index (χ4v) is 5.55. The van der Waals surface area contributed by atoms with Crippen LogP contribution in [0.1, 0.15) is 44.9 Å². The highest BCUT2D eigenvalue weighted by Gasteiger charge is 2.51. The zero-order valence-electron chi connectivity index (χ0n) is 14.8. The van der Waals surface area contributed by atoms with Gasteiger partial charge in [-0.3, -0.25) is 0 Å². The van der Waals surface area contributed by atoms with Crippen molar-refractivity contribution in [3.8, 4) is 0 Å². The topological polar surface area (TPSA) is 44.8 Å². The highest BCUT2D eigenvalue weighted by atomic mass is 35.5. The second-order valence-corrected chi connectivity index (χ2v) is 8.28. The third-order valence-corrected chi connectivity index (χ3v) is 6.97. The van der Waals surface area contributed by atoms with Crippen LogP contribution in [0.25, 0.3) is 0 Å². The van der Waals surface area contributed by atoms with E-state index in [1.54, 1.807) is 0 Å². The molecule has 4 aliphatic rings. The first-order valence-electron chi connectivity index (χ1n) is 9.49. The minimum atomic E-state index is -0.143. The van der Waals surface area contributed by atoms with Crippen LogP contribution in [0.5, 0.6) is 0 Å². The third kappa shape index (κ3) is 3.40. The molecule has 0 aromatic heterocycles. The molecule has 3 heterocycles. The molecule has 4 fully saturated rings. The molecule has 1 saturated carbocycles. The Balaban J connectivity index is 0.00000169. The first kappa shape index (κ1) is 18.3. The highest BCUT2D eigenvalue weighted by Crippen LogP contribution is 2.50. The van der Waals surface area contributed by atoms with Crippen molar-refractivity contribution in [1.82, 2.24) is 15.1 Å². The summed E-state index contributed by atoms with van der Waals surface area (Å²) in [5, 5.41) is 3.69. The molecule has 5 nitrogen and oxygen atoms in total. The van der Waals surface area contributed by atoms with Gasteiger partial charge in [-0.25, -0.2) is 4.79 Å². The molecule has 1 amide bonds. The van der Waals surface area contributed by atoms with Crippen molar-refractivity contribution >= 4 is 18.5 Å². The maximum absolute atomic E-state index is 11.7. The Labute approximate surface area is 151 Å². The maximum Gasteiger partial charge on any atom is 0.409 e. The SMILES string of the molecule is COC(=O)N1CCC2(CC(N3CCC(C4CCCN4)CC3)C2)C1.Cl. The lowest BCUT2D eigenvalue weighted by Gasteiger charge is -2.52. The van der Waals surface area contributed by atoms with E-state index in [9.17, 15) is 4.79 Å². The lowest BCUT2D eigenvalue weighted by molar-refractivity contribution is -0.0112. The molecule has 0 radical (unpaired) electrons. The number of hydrogen-bond donors (Lipinski definition) is 1. The number of rotatable bonds is 2. The number of carbonyl (C=O) groups excluding carboxylic acids is 1. The molecule has 1 spiro atoms. The molecule has 1 aliphatic carbocycles. The van der Waals surface area contributed by atoms with Crippen LogP contribution in [0, 0.1) is 11.3 Å². The van der Waals surface area contributed by atoms with E-state index < -0.39 is 0 Å². The molecule has 6 heteroatoms. The van der Waals surface area contributed by atoms with E-state index in [2.05, 4.69) is 10.2 Å². The number of carbonyl (C=O) groups is 1. The van der Waals surface area contributed by atoms with Gasteiger partial charge in [-0.2, -0.15) is 0 Å². The van der Waals surface area contributed by atoms with Gasteiger partial charge in [0.25, 0.3) is 0 Å². The minimum absolute atomic E-state index is 0. The van der Waals surface area contributed by atoms with Crippen LogP contribution in [0.15, 0.2) is 0 Å². The normalized spacial score (nSPS) is 37.3. The summed E-state index contributed by atoms with van der Waals surface area (Å²) in [6.07, 6.45) is 9.09. The van der Waals surface area contributed by atoms with Crippen LogP contribution in [0.4, 0.5) is 4.79 Å². The van der Waals surface area contributed by atoms with Crippen molar-refractivity contribution in [2.24, 2.45) is 11.3 Å². The van der Waals surface area contributed by atoms with Crippen LogP contribution >= 0.6 is 12.4 Å². The zero-order chi connectivity index (χ0) is 15.9. The van der Waals surface area contributed by atoms with Crippen LogP contribution in [-0.4, -0.2) is 67.8 Å². The summed E-state index contributed by atoms with van der Waals surface area (Å²) in [7, 11) is 1.49. The monoisotopic (exact) mass is 357 g/mol. The first-order valence-corrected chi connectivity index (χ1v) is 9.49. The van der Waals surface area contributed by atoms with E-state index >= 15 is 0 Å². The lowest BCUT2D eigenvalue weighted by atomic mass is 9.64. The smallest absolute Gasteiger partial charge is 0.409 e. The Bertz CT molecular complexity index is 442. The number of nitrogens with one attached hydrogen (secondary N) is 1. The van der Waals surface area contributed by atoms with E-state index in [-0.39, 0.29) is 18.5 Å². The van der Waals surface area contributed by atoms with Gasteiger partial charge in [-0.15, -0.1) is 12.4 Å². The number of nitrogens with zero attached hydrogens (tertiary/aromatic N) is 2. The zero-order valence-corrected chi connectivity index (χ0v) is 15.7. The van der Waals surface area contributed by atoms with Crippen LogP contribution in [0.2, 0.25) is 0 Å². The van der Waals surface area contributed by atoms with Crippen molar-refractivity contribution in [3.63, 3.8) is 0 Å². The second kappa shape index (κ2) is 7.38. The maximum atomic E-state index is 11.7. The van der Waals surface area contributed by atoms with Gasteiger partial charge in [-0.1, -0.05) is 0 Å². The van der Waals surface area contributed by atoms with Gasteiger partial charge < -0.3 is 19.9 Å². The van der Waals surface area contributed by atoms with Crippen molar-refractivity contribution in [2.45, 2.75) is 57.0 Å². The molecule has 0 aromatic rings. The third-order valence-electron chi connectivity index (χ3n) is 6.97. The molecule has 3 aliphatic heterocycles. The van der Waals surface area contributed by atoms with Gasteiger partial charge in [0.2, 0.25) is 0 Å². The Morgan fingerprint density at radius 3 is 2.54 bits per heavy atom. The summed E-state index contributed by atoms with van der Waals surface area (Å²) in [6, 6.07) is 1.57. The molecular formula is C18H32ClN3O2. The fraction of sp³-hybridized carbons (Fsp3) is 0.944. The molecule has 3 saturated heterocycles. The molecule has 1 N–H and O–H groups in total. The number of ether oxygens (including phenoxy) is 1. The fourth-order valence-electron chi connectivity index (χ4n) is 5.55. The van der Waals surface area contributed by atoms with E-state index in [0.717, 1.165) is 31.1 Å². The molecule has 0 aromatic carbocycles. The van der Waals surface area contributed by atoms with E-state index in [1.165, 1.54) is 71.7 Å². The minimum Gasteiger partial charge on any atom is -0.453 e. The standard InChI is InChI=1S/C18H31N3O2.ClH/c1-23-17(22)21-10-6-18(13-21)11-15(12-18)20-8-4-14(5-9-20)16-3-2-7-19-16;/h14-16,19H,2-13H2,1H3;1H. The Kier molecular flexibility index (Phi) is 5.62. The average Bonchev–Trinajstić information content (AvgIpc) is 3.22. The summed E-state index contributed by atoms with van der Waals surface area (Å²) in [5.74, 6) is 0.907. The van der Waals surface area contributed by atoms with Crippen LogP contribution in [-0.2, 0) is 4.74 Å². The first-order chi connectivity index (χ1) is 11.2. The Hall–Kier alpha value is -0.520. The van der Waals surface area contributed by atoms with Gasteiger partial charge in [0, 0.05) is 25.2 Å². The predicted octanol–water partition coefficient (Wildman–Crippen LogP) is 2.49. The number of methoxy groups -OCH3 is 1. The van der Waals surface area contributed by atoms with Crippen molar-refractivity contribution in [2.75, 3.05) is 39.8 Å². The van der Waals surface area contributed by atoms with Gasteiger partial charge >= 0.3 is 6.09 Å². The Morgan fingerprint density at radius 2 is 1.92 bits per heavy atom. The summed E-state index contributed by atoms with van der Waals surface area (Å²) in [4.78, 5) is 16.3. The van der Waals surface area contributed by atoms with Crippen molar-refractivity contribution in [1.29, 1.82) is 0 Å². The van der Waals surface area contributed by atoms with Gasteiger partial charge in [0.15, 0.2) is 0 Å². The van der Waals surface area contributed by atoms with Gasteiger partial charge in [-0.05, 0) is 75.9 Å². The molecule has 0 bridgehead atoms. The molecule has 138 valence electrons. The summed E-state index contributed by atoms with van der Waals surface area (Å²) < 4.78 is 4.87. The number of piperidine rings is 1. The van der Waals surface area contributed by atoms with E-state index in [1.807, 2.05) is 4.90 Å². The molecule has 4 rings (SSSR count). The van der Waals surface area contributed by atoms with Crippen molar-refractivity contribution < 1.29 is 9.53 Å². The highest BCUT2D eigenvalue weighted by molar-refractivity contribution is 5.85. The predicted molar refractivity (Wildman–Crippen MR) is 96.6 cm³/mol. The van der Waals surface area contributed by atoms with E-state index in [0.29, 0.717) is 5.41 Å². The summed E-state index contributed by atoms with van der Waals surface area (Å²) in [6.45, 7) is 5.59. The molecule has 1 atom stereocenters. The largest absolute Gasteiger partial charge is 0.453 e. The van der Waals surface area contributed by atoms with Crippen molar-refractivity contribution in [3.05, 3.63) is 0 Å². The quantitative estimate of drug-likeness (QED) is 0.824.